The van der Waals surface area contributed by atoms with Crippen molar-refractivity contribution in [3.05, 3.63) is 34.9 Å². The van der Waals surface area contributed by atoms with Gasteiger partial charge in [0.05, 0.1) is 0 Å². The summed E-state index contributed by atoms with van der Waals surface area (Å²) in [7, 11) is 0. The lowest BCUT2D eigenvalue weighted by atomic mass is 10.0. The maximum Gasteiger partial charge on any atom is 0.312 e. The number of amides is 2. The van der Waals surface area contributed by atoms with E-state index in [-0.39, 0.29) is 12.1 Å². The zero-order chi connectivity index (χ0) is 16.2. The molecule has 21 heavy (non-hydrogen) atoms. The first-order valence-corrected chi connectivity index (χ1v) is 7.41. The number of carbonyl (C=O) groups is 2. The number of hydrogen-bond acceptors (Lipinski definition) is 2. The van der Waals surface area contributed by atoms with Crippen LogP contribution in [0.4, 0.5) is 0 Å². The Hall–Kier alpha value is -1.84. The molecule has 0 aliphatic carbocycles. The molecule has 1 N–H and O–H groups in total. The van der Waals surface area contributed by atoms with Gasteiger partial charge in [-0.25, -0.2) is 0 Å². The van der Waals surface area contributed by atoms with Crippen molar-refractivity contribution in [2.24, 2.45) is 0 Å². The van der Waals surface area contributed by atoms with Crippen molar-refractivity contribution in [2.75, 3.05) is 0 Å². The molecule has 0 atom stereocenters. The van der Waals surface area contributed by atoms with Gasteiger partial charge in [-0.1, -0.05) is 18.2 Å². The summed E-state index contributed by atoms with van der Waals surface area (Å²) in [5, 5.41) is 2.73. The molecule has 0 saturated heterocycles. The van der Waals surface area contributed by atoms with Crippen molar-refractivity contribution in [2.45, 2.75) is 60.2 Å². The fourth-order valence-corrected chi connectivity index (χ4v) is 2.44. The van der Waals surface area contributed by atoms with Gasteiger partial charge in [-0.05, 0) is 58.2 Å². The van der Waals surface area contributed by atoms with E-state index in [4.69, 9.17) is 0 Å². The number of carbonyl (C=O) groups excluding carboxylic acids is 2. The lowest BCUT2D eigenvalue weighted by molar-refractivity contribution is -0.148. The first-order chi connectivity index (χ1) is 9.75. The topological polar surface area (TPSA) is 49.4 Å². The zero-order valence-electron chi connectivity index (χ0n) is 13.9. The van der Waals surface area contributed by atoms with Crippen molar-refractivity contribution in [3.8, 4) is 0 Å². The summed E-state index contributed by atoms with van der Waals surface area (Å²) in [5.74, 6) is -1.01. The quantitative estimate of drug-likeness (QED) is 0.866. The normalized spacial score (nSPS) is 10.9. The molecule has 0 heterocycles. The molecule has 4 nitrogen and oxygen atoms in total. The summed E-state index contributed by atoms with van der Waals surface area (Å²) < 4.78 is 0. The van der Waals surface area contributed by atoms with Gasteiger partial charge in [-0.15, -0.1) is 0 Å². The van der Waals surface area contributed by atoms with Crippen LogP contribution in [0.3, 0.4) is 0 Å². The number of nitrogens with zero attached hydrogens (tertiary/aromatic N) is 1. The summed E-state index contributed by atoms with van der Waals surface area (Å²) in [5.41, 5.74) is 3.37. The minimum atomic E-state index is -0.543. The largest absolute Gasteiger partial charge is 0.344 e. The van der Waals surface area contributed by atoms with Gasteiger partial charge >= 0.3 is 11.8 Å². The Labute approximate surface area is 127 Å². The zero-order valence-corrected chi connectivity index (χ0v) is 13.9. The van der Waals surface area contributed by atoms with Gasteiger partial charge in [0.15, 0.2) is 0 Å². The van der Waals surface area contributed by atoms with Crippen LogP contribution in [-0.2, 0) is 16.1 Å². The molecule has 0 unspecified atom stereocenters. The molecular formula is C17H26N2O2. The van der Waals surface area contributed by atoms with Crippen LogP contribution in [0.1, 0.15) is 44.4 Å². The van der Waals surface area contributed by atoms with E-state index >= 15 is 0 Å². The second kappa shape index (κ2) is 7.25. The Balaban J connectivity index is 2.73. The monoisotopic (exact) mass is 290 g/mol. The van der Waals surface area contributed by atoms with E-state index < -0.39 is 11.8 Å². The molecule has 2 amide bonds. The maximum absolute atomic E-state index is 12.2. The predicted octanol–water partition coefficient (Wildman–Crippen LogP) is 2.57. The summed E-state index contributed by atoms with van der Waals surface area (Å²) in [6.07, 6.45) is 0. The number of nitrogens with one attached hydrogen (secondary N) is 1. The van der Waals surface area contributed by atoms with E-state index in [9.17, 15) is 9.59 Å². The van der Waals surface area contributed by atoms with E-state index in [0.717, 1.165) is 11.1 Å². The van der Waals surface area contributed by atoms with Gasteiger partial charge in [-0.3, -0.25) is 9.59 Å². The highest BCUT2D eigenvalue weighted by Gasteiger charge is 2.26. The Kier molecular flexibility index (Phi) is 5.94. The van der Waals surface area contributed by atoms with Gasteiger partial charge < -0.3 is 10.2 Å². The second-order valence-electron chi connectivity index (χ2n) is 5.94. The van der Waals surface area contributed by atoms with Crippen LogP contribution in [0.25, 0.3) is 0 Å². The van der Waals surface area contributed by atoms with E-state index in [1.54, 1.807) is 4.90 Å². The fraction of sp³-hybridized carbons (Fsp3) is 0.529. The SMILES string of the molecule is Cc1cccc(CNC(=O)C(=O)N(C(C)C)C(C)C)c1C. The smallest absolute Gasteiger partial charge is 0.312 e. The van der Waals surface area contributed by atoms with Crippen molar-refractivity contribution >= 4 is 11.8 Å². The Bertz CT molecular complexity index is 514. The highest BCUT2D eigenvalue weighted by molar-refractivity contribution is 6.35. The lowest BCUT2D eigenvalue weighted by Gasteiger charge is -2.30. The van der Waals surface area contributed by atoms with Crippen molar-refractivity contribution in [3.63, 3.8) is 0 Å². The van der Waals surface area contributed by atoms with Crippen LogP contribution in [0, 0.1) is 13.8 Å². The molecule has 1 rings (SSSR count). The molecule has 0 radical (unpaired) electrons. The summed E-state index contributed by atoms with van der Waals surface area (Å²) in [4.78, 5) is 25.9. The molecule has 1 aromatic carbocycles. The number of hydrogen-bond donors (Lipinski definition) is 1. The summed E-state index contributed by atoms with van der Waals surface area (Å²) in [6.45, 7) is 12.1. The molecule has 0 saturated carbocycles. The van der Waals surface area contributed by atoms with Crippen molar-refractivity contribution in [1.29, 1.82) is 0 Å². The van der Waals surface area contributed by atoms with E-state index in [2.05, 4.69) is 5.32 Å². The molecule has 116 valence electrons. The number of rotatable bonds is 4. The molecule has 1 aromatic rings. The molecule has 0 spiro atoms. The van der Waals surface area contributed by atoms with Crippen molar-refractivity contribution < 1.29 is 9.59 Å². The number of benzene rings is 1. The van der Waals surface area contributed by atoms with Crippen LogP contribution in [0.5, 0.6) is 0 Å². The Morgan fingerprint density at radius 3 is 2.19 bits per heavy atom. The molecule has 0 aliphatic rings. The first kappa shape index (κ1) is 17.2. The van der Waals surface area contributed by atoms with Crippen LogP contribution in [0.15, 0.2) is 18.2 Å². The third-order valence-electron chi connectivity index (χ3n) is 3.70. The fourth-order valence-electron chi connectivity index (χ4n) is 2.44. The van der Waals surface area contributed by atoms with Gasteiger partial charge in [0.1, 0.15) is 0 Å². The average molecular weight is 290 g/mol. The Morgan fingerprint density at radius 1 is 1.10 bits per heavy atom. The molecule has 0 fully saturated rings. The predicted molar refractivity (Wildman–Crippen MR) is 84.9 cm³/mol. The molecule has 4 heteroatoms. The van der Waals surface area contributed by atoms with Crippen LogP contribution in [-0.4, -0.2) is 28.8 Å². The van der Waals surface area contributed by atoms with Gasteiger partial charge in [0.25, 0.3) is 0 Å². The van der Waals surface area contributed by atoms with Crippen LogP contribution < -0.4 is 5.32 Å². The summed E-state index contributed by atoms with van der Waals surface area (Å²) in [6, 6.07) is 5.97. The molecule has 0 aliphatic heterocycles. The molecular weight excluding hydrogens is 264 g/mol. The third-order valence-corrected chi connectivity index (χ3v) is 3.70. The van der Waals surface area contributed by atoms with Crippen molar-refractivity contribution in [1.82, 2.24) is 10.2 Å². The minimum Gasteiger partial charge on any atom is -0.344 e. The lowest BCUT2D eigenvalue weighted by Crippen LogP contribution is -2.49. The number of aryl methyl sites for hydroxylation is 1. The van der Waals surface area contributed by atoms with E-state index in [1.165, 1.54) is 5.56 Å². The molecule has 0 bridgehead atoms. The van der Waals surface area contributed by atoms with E-state index in [1.807, 2.05) is 59.7 Å². The first-order valence-electron chi connectivity index (χ1n) is 7.41. The van der Waals surface area contributed by atoms with E-state index in [0.29, 0.717) is 6.54 Å². The third kappa shape index (κ3) is 4.31. The second-order valence-corrected chi connectivity index (χ2v) is 5.94. The average Bonchev–Trinajstić information content (AvgIpc) is 2.39. The Morgan fingerprint density at radius 2 is 1.67 bits per heavy atom. The van der Waals surface area contributed by atoms with Gasteiger partial charge in [-0.2, -0.15) is 0 Å². The van der Waals surface area contributed by atoms with Crippen LogP contribution >= 0.6 is 0 Å². The highest BCUT2D eigenvalue weighted by atomic mass is 16.2. The van der Waals surface area contributed by atoms with Gasteiger partial charge in [0, 0.05) is 18.6 Å². The van der Waals surface area contributed by atoms with Crippen LogP contribution in [0.2, 0.25) is 0 Å². The van der Waals surface area contributed by atoms with Gasteiger partial charge in [0.2, 0.25) is 0 Å². The standard InChI is InChI=1S/C17H26N2O2/c1-11(2)19(12(3)4)17(21)16(20)18-10-15-9-7-8-13(5)14(15)6/h7-9,11-12H,10H2,1-6H3,(H,18,20). The molecule has 0 aromatic heterocycles. The minimum absolute atomic E-state index is 0.00366. The highest BCUT2D eigenvalue weighted by Crippen LogP contribution is 2.12. The maximum atomic E-state index is 12.2. The summed E-state index contributed by atoms with van der Waals surface area (Å²) >= 11 is 0.